The normalized spacial score (nSPS) is 10.2. The van der Waals surface area contributed by atoms with Crippen LogP contribution < -0.4 is 5.32 Å². The largest absolute Gasteiger partial charge is 0.352 e. The molecular weight excluding hydrogens is 260 g/mol. The maximum atomic E-state index is 11.7. The predicted octanol–water partition coefficient (Wildman–Crippen LogP) is 2.52. The van der Waals surface area contributed by atoms with Crippen LogP contribution in [0.1, 0.15) is 43.0 Å². The van der Waals surface area contributed by atoms with E-state index in [1.807, 2.05) is 17.8 Å². The van der Waals surface area contributed by atoms with Crippen molar-refractivity contribution in [3.8, 4) is 0 Å². The van der Waals surface area contributed by atoms with Crippen molar-refractivity contribution in [3.63, 3.8) is 0 Å². The molecule has 1 heterocycles. The molecule has 4 nitrogen and oxygen atoms in total. The zero-order valence-electron chi connectivity index (χ0n) is 11.6. The second-order valence-electron chi connectivity index (χ2n) is 4.54. The van der Waals surface area contributed by atoms with Crippen molar-refractivity contribution in [1.82, 2.24) is 10.2 Å². The van der Waals surface area contributed by atoms with E-state index < -0.39 is 0 Å². The van der Waals surface area contributed by atoms with Crippen molar-refractivity contribution in [3.05, 3.63) is 22.4 Å². The Labute approximate surface area is 118 Å². The minimum Gasteiger partial charge on any atom is -0.352 e. The van der Waals surface area contributed by atoms with Crippen LogP contribution in [0.25, 0.3) is 0 Å². The topological polar surface area (TPSA) is 49.4 Å². The smallest absolute Gasteiger partial charge is 0.252 e. The van der Waals surface area contributed by atoms with Gasteiger partial charge in [-0.15, -0.1) is 0 Å². The average Bonchev–Trinajstić information content (AvgIpc) is 2.94. The zero-order chi connectivity index (χ0) is 14.1. The third kappa shape index (κ3) is 5.87. The van der Waals surface area contributed by atoms with Gasteiger partial charge >= 0.3 is 0 Å². The first-order chi connectivity index (χ1) is 9.15. The molecule has 2 amide bonds. The molecular formula is C14H22N2O2S. The lowest BCUT2D eigenvalue weighted by Crippen LogP contribution is -2.29. The van der Waals surface area contributed by atoms with Gasteiger partial charge in [0, 0.05) is 37.5 Å². The average molecular weight is 282 g/mol. The summed E-state index contributed by atoms with van der Waals surface area (Å²) >= 11 is 1.50. The van der Waals surface area contributed by atoms with Crippen LogP contribution in [0.4, 0.5) is 0 Å². The Morgan fingerprint density at radius 1 is 1.37 bits per heavy atom. The van der Waals surface area contributed by atoms with Crippen molar-refractivity contribution in [2.75, 3.05) is 20.1 Å². The number of hydrogen-bond acceptors (Lipinski definition) is 3. The summed E-state index contributed by atoms with van der Waals surface area (Å²) in [7, 11) is 1.84. The number of thiophene rings is 1. The van der Waals surface area contributed by atoms with E-state index >= 15 is 0 Å². The minimum atomic E-state index is -0.0620. The van der Waals surface area contributed by atoms with Gasteiger partial charge in [0.1, 0.15) is 0 Å². The van der Waals surface area contributed by atoms with Crippen LogP contribution in [0.15, 0.2) is 16.8 Å². The van der Waals surface area contributed by atoms with Crippen LogP contribution in [0.5, 0.6) is 0 Å². The van der Waals surface area contributed by atoms with Crippen LogP contribution in [-0.2, 0) is 4.79 Å². The first kappa shape index (κ1) is 15.7. The Morgan fingerprint density at radius 3 is 2.79 bits per heavy atom. The van der Waals surface area contributed by atoms with E-state index in [0.717, 1.165) is 19.4 Å². The number of carbonyl (C=O) groups is 2. The molecule has 0 fully saturated rings. The highest BCUT2D eigenvalue weighted by molar-refractivity contribution is 7.08. The summed E-state index contributed by atoms with van der Waals surface area (Å²) in [5, 5.41) is 6.51. The van der Waals surface area contributed by atoms with Gasteiger partial charge in [0.15, 0.2) is 0 Å². The van der Waals surface area contributed by atoms with Crippen molar-refractivity contribution in [2.24, 2.45) is 0 Å². The lowest BCUT2D eigenvalue weighted by Gasteiger charge is -2.16. The quantitative estimate of drug-likeness (QED) is 0.745. The lowest BCUT2D eigenvalue weighted by atomic mass is 10.2. The second-order valence-corrected chi connectivity index (χ2v) is 5.32. The van der Waals surface area contributed by atoms with E-state index in [1.165, 1.54) is 11.3 Å². The Hall–Kier alpha value is -1.36. The summed E-state index contributed by atoms with van der Waals surface area (Å²) in [6.07, 6.45) is 3.31. The van der Waals surface area contributed by atoms with E-state index in [4.69, 9.17) is 0 Å². The molecule has 1 rings (SSSR count). The standard InChI is InChI=1S/C14H22N2O2S/c1-3-4-9-16(2)13(17)6-5-8-15-14(18)12-7-10-19-11-12/h7,10-11H,3-6,8-9H2,1-2H3,(H,15,18). The number of hydrogen-bond donors (Lipinski definition) is 1. The molecule has 0 aliphatic rings. The van der Waals surface area contributed by atoms with Gasteiger partial charge in [-0.1, -0.05) is 13.3 Å². The molecule has 1 N–H and O–H groups in total. The molecule has 0 atom stereocenters. The van der Waals surface area contributed by atoms with Crippen LogP contribution in [-0.4, -0.2) is 36.9 Å². The Balaban J connectivity index is 2.13. The molecule has 1 aromatic rings. The van der Waals surface area contributed by atoms with E-state index in [1.54, 1.807) is 11.0 Å². The molecule has 0 bridgehead atoms. The number of amides is 2. The molecule has 0 radical (unpaired) electrons. The highest BCUT2D eigenvalue weighted by Gasteiger charge is 2.08. The van der Waals surface area contributed by atoms with Gasteiger partial charge in [-0.2, -0.15) is 11.3 Å². The summed E-state index contributed by atoms with van der Waals surface area (Å²) in [5.41, 5.74) is 0.691. The lowest BCUT2D eigenvalue weighted by molar-refractivity contribution is -0.130. The highest BCUT2D eigenvalue weighted by atomic mass is 32.1. The van der Waals surface area contributed by atoms with Crippen LogP contribution >= 0.6 is 11.3 Å². The van der Waals surface area contributed by atoms with Crippen LogP contribution in [0.3, 0.4) is 0 Å². The molecule has 0 saturated carbocycles. The second kappa shape index (κ2) is 8.69. The molecule has 0 saturated heterocycles. The Bertz CT molecular complexity index is 390. The van der Waals surface area contributed by atoms with Crippen LogP contribution in [0.2, 0.25) is 0 Å². The van der Waals surface area contributed by atoms with Gasteiger partial charge in [0.25, 0.3) is 5.91 Å². The SMILES string of the molecule is CCCCN(C)C(=O)CCCNC(=O)c1ccsc1. The fourth-order valence-corrected chi connectivity index (χ4v) is 2.28. The Morgan fingerprint density at radius 2 is 2.16 bits per heavy atom. The van der Waals surface area contributed by atoms with Gasteiger partial charge in [0.2, 0.25) is 5.91 Å². The van der Waals surface area contributed by atoms with Crippen molar-refractivity contribution < 1.29 is 9.59 Å². The zero-order valence-corrected chi connectivity index (χ0v) is 12.5. The minimum absolute atomic E-state index is 0.0620. The summed E-state index contributed by atoms with van der Waals surface area (Å²) < 4.78 is 0. The molecule has 0 aromatic carbocycles. The number of unbranched alkanes of at least 4 members (excludes halogenated alkanes) is 1. The van der Waals surface area contributed by atoms with Gasteiger partial charge in [-0.25, -0.2) is 0 Å². The molecule has 0 aliphatic carbocycles. The third-order valence-electron chi connectivity index (χ3n) is 2.91. The van der Waals surface area contributed by atoms with E-state index in [2.05, 4.69) is 12.2 Å². The van der Waals surface area contributed by atoms with Gasteiger partial charge < -0.3 is 10.2 Å². The summed E-state index contributed by atoms with van der Waals surface area (Å²) in [6.45, 7) is 3.47. The van der Waals surface area contributed by atoms with Crippen molar-refractivity contribution >= 4 is 23.2 Å². The summed E-state index contributed by atoms with van der Waals surface area (Å²) in [6, 6.07) is 1.80. The third-order valence-corrected chi connectivity index (χ3v) is 3.59. The molecule has 19 heavy (non-hydrogen) atoms. The van der Waals surface area contributed by atoms with Gasteiger partial charge in [-0.3, -0.25) is 9.59 Å². The van der Waals surface area contributed by atoms with Crippen LogP contribution in [0, 0.1) is 0 Å². The summed E-state index contributed by atoms with van der Waals surface area (Å²) in [5.74, 6) is 0.0891. The maximum absolute atomic E-state index is 11.7. The fraction of sp³-hybridized carbons (Fsp3) is 0.571. The number of rotatable bonds is 8. The number of nitrogens with zero attached hydrogens (tertiary/aromatic N) is 1. The monoisotopic (exact) mass is 282 g/mol. The molecule has 0 unspecified atom stereocenters. The molecule has 0 aliphatic heterocycles. The maximum Gasteiger partial charge on any atom is 0.252 e. The van der Waals surface area contributed by atoms with E-state index in [9.17, 15) is 9.59 Å². The molecule has 0 spiro atoms. The van der Waals surface area contributed by atoms with Gasteiger partial charge in [-0.05, 0) is 24.3 Å². The molecule has 5 heteroatoms. The van der Waals surface area contributed by atoms with E-state index in [0.29, 0.717) is 24.9 Å². The summed E-state index contributed by atoms with van der Waals surface area (Å²) in [4.78, 5) is 25.1. The fourth-order valence-electron chi connectivity index (χ4n) is 1.65. The number of nitrogens with one attached hydrogen (secondary N) is 1. The first-order valence-electron chi connectivity index (χ1n) is 6.69. The van der Waals surface area contributed by atoms with Gasteiger partial charge in [0.05, 0.1) is 0 Å². The first-order valence-corrected chi connectivity index (χ1v) is 7.63. The Kier molecular flexibility index (Phi) is 7.18. The predicted molar refractivity (Wildman–Crippen MR) is 78.4 cm³/mol. The highest BCUT2D eigenvalue weighted by Crippen LogP contribution is 2.05. The van der Waals surface area contributed by atoms with E-state index in [-0.39, 0.29) is 11.8 Å². The van der Waals surface area contributed by atoms with Crippen molar-refractivity contribution in [1.29, 1.82) is 0 Å². The molecule has 106 valence electrons. The molecule has 1 aromatic heterocycles. The van der Waals surface area contributed by atoms with Crippen molar-refractivity contribution in [2.45, 2.75) is 32.6 Å². The number of carbonyl (C=O) groups excluding carboxylic acids is 2.